The van der Waals surface area contributed by atoms with Crippen LogP contribution in [-0.4, -0.2) is 24.7 Å². The van der Waals surface area contributed by atoms with Crippen molar-refractivity contribution in [1.29, 1.82) is 0 Å². The summed E-state index contributed by atoms with van der Waals surface area (Å²) in [5, 5.41) is 10.4. The van der Waals surface area contributed by atoms with Crippen molar-refractivity contribution in [3.63, 3.8) is 0 Å². The molecule has 1 heterocycles. The Kier molecular flexibility index (Phi) is 4.22. The predicted octanol–water partition coefficient (Wildman–Crippen LogP) is 2.29. The molecular formula is C12H14FNO4. The lowest BCUT2D eigenvalue weighted by Gasteiger charge is -2.08. The molecule has 0 aromatic heterocycles. The molecule has 0 N–H and O–H groups in total. The predicted molar refractivity (Wildman–Crippen MR) is 61.6 cm³/mol. The molecule has 0 amide bonds. The first kappa shape index (κ1) is 12.9. The minimum atomic E-state index is -0.828. The first-order valence-electron chi connectivity index (χ1n) is 5.75. The fourth-order valence-corrected chi connectivity index (χ4v) is 1.85. The molecule has 2 rings (SSSR count). The van der Waals surface area contributed by atoms with Crippen LogP contribution >= 0.6 is 0 Å². The molecule has 1 aliphatic rings. The molecule has 0 radical (unpaired) electrons. The average Bonchev–Trinajstić information content (AvgIpc) is 2.81. The van der Waals surface area contributed by atoms with Gasteiger partial charge in [0.05, 0.1) is 24.7 Å². The van der Waals surface area contributed by atoms with E-state index >= 15 is 0 Å². The van der Waals surface area contributed by atoms with Gasteiger partial charge in [0.15, 0.2) is 0 Å². The Labute approximate surface area is 104 Å². The largest absolute Gasteiger partial charge is 0.381 e. The minimum Gasteiger partial charge on any atom is -0.381 e. The number of hydrogen-bond acceptors (Lipinski definition) is 4. The number of ether oxygens (including phenoxy) is 2. The molecule has 1 fully saturated rings. The standard InChI is InChI=1S/C12H14FNO4/c13-11-5-9(1-2-12(11)14(15)16)6-18-8-10-3-4-17-7-10/h1-2,5,10H,3-4,6-8H2. The van der Waals surface area contributed by atoms with Gasteiger partial charge >= 0.3 is 5.69 Å². The molecule has 6 heteroatoms. The SMILES string of the molecule is O=[N+]([O-])c1ccc(COCC2CCOC2)cc1F. The fraction of sp³-hybridized carbons (Fsp3) is 0.500. The highest BCUT2D eigenvalue weighted by Crippen LogP contribution is 2.19. The topological polar surface area (TPSA) is 61.6 Å². The Bertz CT molecular complexity index is 432. The second-order valence-corrected chi connectivity index (χ2v) is 4.29. The zero-order valence-electron chi connectivity index (χ0n) is 9.80. The zero-order chi connectivity index (χ0) is 13.0. The van der Waals surface area contributed by atoms with Crippen molar-refractivity contribution in [1.82, 2.24) is 0 Å². The van der Waals surface area contributed by atoms with Crippen LogP contribution < -0.4 is 0 Å². The second kappa shape index (κ2) is 5.88. The third kappa shape index (κ3) is 3.24. The molecule has 18 heavy (non-hydrogen) atoms. The number of halogens is 1. The lowest BCUT2D eigenvalue weighted by molar-refractivity contribution is -0.387. The van der Waals surface area contributed by atoms with E-state index in [1.165, 1.54) is 6.07 Å². The van der Waals surface area contributed by atoms with Crippen molar-refractivity contribution in [2.24, 2.45) is 5.92 Å². The van der Waals surface area contributed by atoms with Crippen LogP contribution in [0.1, 0.15) is 12.0 Å². The molecule has 1 unspecified atom stereocenters. The first-order chi connectivity index (χ1) is 8.66. The van der Waals surface area contributed by atoms with Crippen LogP contribution in [0.5, 0.6) is 0 Å². The molecule has 0 saturated carbocycles. The average molecular weight is 255 g/mol. The molecule has 1 aromatic rings. The van der Waals surface area contributed by atoms with E-state index in [-0.39, 0.29) is 6.61 Å². The molecule has 1 saturated heterocycles. The van der Waals surface area contributed by atoms with Gasteiger partial charge in [-0.2, -0.15) is 4.39 Å². The quantitative estimate of drug-likeness (QED) is 0.598. The number of nitro groups is 1. The summed E-state index contributed by atoms with van der Waals surface area (Å²) in [5.74, 6) is -0.432. The summed E-state index contributed by atoms with van der Waals surface area (Å²) in [6, 6.07) is 3.81. The van der Waals surface area contributed by atoms with Crippen molar-refractivity contribution in [2.75, 3.05) is 19.8 Å². The number of rotatable bonds is 5. The van der Waals surface area contributed by atoms with Gasteiger partial charge in [-0.3, -0.25) is 10.1 Å². The van der Waals surface area contributed by atoms with Crippen molar-refractivity contribution >= 4 is 5.69 Å². The van der Waals surface area contributed by atoms with Gasteiger partial charge in [-0.1, -0.05) is 0 Å². The van der Waals surface area contributed by atoms with Crippen LogP contribution in [0.3, 0.4) is 0 Å². The van der Waals surface area contributed by atoms with E-state index in [0.717, 1.165) is 25.2 Å². The van der Waals surface area contributed by atoms with Crippen LogP contribution in [-0.2, 0) is 16.1 Å². The monoisotopic (exact) mass is 255 g/mol. The number of benzene rings is 1. The van der Waals surface area contributed by atoms with Crippen molar-refractivity contribution in [2.45, 2.75) is 13.0 Å². The lowest BCUT2D eigenvalue weighted by Crippen LogP contribution is -2.09. The first-order valence-corrected chi connectivity index (χ1v) is 5.75. The normalized spacial score (nSPS) is 19.1. The van der Waals surface area contributed by atoms with Crippen LogP contribution in [0.4, 0.5) is 10.1 Å². The summed E-state index contributed by atoms with van der Waals surface area (Å²) < 4.78 is 24.0. The Morgan fingerprint density at radius 1 is 1.56 bits per heavy atom. The molecule has 1 aliphatic heterocycles. The van der Waals surface area contributed by atoms with Crippen LogP contribution in [0.15, 0.2) is 18.2 Å². The molecule has 5 nitrogen and oxygen atoms in total. The highest BCUT2D eigenvalue weighted by Gasteiger charge is 2.16. The molecule has 0 aliphatic carbocycles. The molecule has 1 atom stereocenters. The molecule has 1 aromatic carbocycles. The smallest absolute Gasteiger partial charge is 0.304 e. The van der Waals surface area contributed by atoms with Crippen LogP contribution in [0.25, 0.3) is 0 Å². The maximum Gasteiger partial charge on any atom is 0.304 e. The maximum atomic E-state index is 13.3. The summed E-state index contributed by atoms with van der Waals surface area (Å²) in [7, 11) is 0. The fourth-order valence-electron chi connectivity index (χ4n) is 1.85. The summed E-state index contributed by atoms with van der Waals surface area (Å²) in [4.78, 5) is 9.70. The van der Waals surface area contributed by atoms with Gasteiger partial charge in [0.2, 0.25) is 5.82 Å². The zero-order valence-corrected chi connectivity index (χ0v) is 9.80. The Morgan fingerprint density at radius 3 is 3.00 bits per heavy atom. The van der Waals surface area contributed by atoms with Crippen molar-refractivity contribution in [3.8, 4) is 0 Å². The van der Waals surface area contributed by atoms with E-state index < -0.39 is 16.4 Å². The van der Waals surface area contributed by atoms with E-state index in [2.05, 4.69) is 0 Å². The van der Waals surface area contributed by atoms with Crippen molar-refractivity contribution < 1.29 is 18.8 Å². The third-order valence-electron chi connectivity index (χ3n) is 2.86. The molecule has 98 valence electrons. The number of nitrogens with zero attached hydrogens (tertiary/aromatic N) is 1. The molecule has 0 spiro atoms. The van der Waals surface area contributed by atoms with E-state index in [0.29, 0.717) is 24.7 Å². The minimum absolute atomic E-state index is 0.255. The van der Waals surface area contributed by atoms with Gasteiger partial charge in [0.1, 0.15) is 0 Å². The Hall–Kier alpha value is -1.53. The maximum absolute atomic E-state index is 13.3. The lowest BCUT2D eigenvalue weighted by atomic mass is 10.1. The van der Waals surface area contributed by atoms with Gasteiger partial charge in [-0.25, -0.2) is 0 Å². The van der Waals surface area contributed by atoms with E-state index in [1.807, 2.05) is 0 Å². The summed E-state index contributed by atoms with van der Waals surface area (Å²) in [5.41, 5.74) is 0.0833. The van der Waals surface area contributed by atoms with E-state index in [9.17, 15) is 14.5 Å². The number of nitro benzene ring substituents is 1. The number of hydrogen-bond donors (Lipinski definition) is 0. The Morgan fingerprint density at radius 2 is 2.39 bits per heavy atom. The van der Waals surface area contributed by atoms with Crippen molar-refractivity contribution in [3.05, 3.63) is 39.7 Å². The van der Waals surface area contributed by atoms with Gasteiger partial charge in [0.25, 0.3) is 0 Å². The van der Waals surface area contributed by atoms with E-state index in [1.54, 1.807) is 0 Å². The van der Waals surface area contributed by atoms with Gasteiger partial charge in [-0.05, 0) is 24.1 Å². The summed E-state index contributed by atoms with van der Waals surface area (Å²) in [6.07, 6.45) is 0.981. The molecular weight excluding hydrogens is 241 g/mol. The van der Waals surface area contributed by atoms with Gasteiger partial charge in [0, 0.05) is 18.6 Å². The van der Waals surface area contributed by atoms with Crippen LogP contribution in [0.2, 0.25) is 0 Å². The Balaban J connectivity index is 1.85. The highest BCUT2D eigenvalue weighted by molar-refractivity contribution is 5.34. The summed E-state index contributed by atoms with van der Waals surface area (Å²) >= 11 is 0. The highest BCUT2D eigenvalue weighted by atomic mass is 19.1. The molecule has 0 bridgehead atoms. The van der Waals surface area contributed by atoms with E-state index in [4.69, 9.17) is 9.47 Å². The van der Waals surface area contributed by atoms with Gasteiger partial charge in [-0.15, -0.1) is 0 Å². The van der Waals surface area contributed by atoms with Crippen LogP contribution in [0, 0.1) is 21.8 Å². The van der Waals surface area contributed by atoms with Gasteiger partial charge < -0.3 is 9.47 Å². The third-order valence-corrected chi connectivity index (χ3v) is 2.86. The summed E-state index contributed by atoms with van der Waals surface area (Å²) in [6.45, 7) is 2.29. The second-order valence-electron chi connectivity index (χ2n) is 4.29.